The zero-order valence-corrected chi connectivity index (χ0v) is 12.4. The molecule has 2 aromatic rings. The van der Waals surface area contributed by atoms with E-state index in [-0.39, 0.29) is 5.82 Å². The molecule has 2 aromatic carbocycles. The van der Waals surface area contributed by atoms with Crippen molar-refractivity contribution < 1.29 is 9.13 Å². The number of allylic oxidation sites excluding steroid dienone is 1. The summed E-state index contributed by atoms with van der Waals surface area (Å²) in [6, 6.07) is 12.6. The van der Waals surface area contributed by atoms with Crippen LogP contribution in [-0.4, -0.2) is 13.4 Å². The van der Waals surface area contributed by atoms with E-state index in [1.54, 1.807) is 18.9 Å². The van der Waals surface area contributed by atoms with E-state index in [1.165, 1.54) is 22.6 Å². The number of ether oxygens (including phenoxy) is 1. The fourth-order valence-electron chi connectivity index (χ4n) is 1.90. The fourth-order valence-corrected chi connectivity index (χ4v) is 2.50. The van der Waals surface area contributed by atoms with Crippen molar-refractivity contribution in [3.8, 4) is 5.75 Å². The molecular formula is C17H17FOS. The molecule has 0 spiro atoms. The van der Waals surface area contributed by atoms with Crippen molar-refractivity contribution in [2.24, 2.45) is 0 Å². The van der Waals surface area contributed by atoms with Crippen LogP contribution in [0.4, 0.5) is 4.39 Å². The number of thioether (sulfide) groups is 1. The van der Waals surface area contributed by atoms with Crippen LogP contribution in [0.25, 0.3) is 6.08 Å². The van der Waals surface area contributed by atoms with E-state index in [2.05, 4.69) is 12.2 Å². The Balaban J connectivity index is 2.09. The molecule has 0 bridgehead atoms. The van der Waals surface area contributed by atoms with E-state index in [0.717, 1.165) is 17.7 Å². The van der Waals surface area contributed by atoms with Crippen LogP contribution < -0.4 is 4.74 Å². The maximum Gasteiger partial charge on any atom is 0.123 e. The molecule has 0 amide bonds. The molecule has 1 nitrogen and oxygen atoms in total. The van der Waals surface area contributed by atoms with Crippen LogP contribution >= 0.6 is 11.8 Å². The highest BCUT2D eigenvalue weighted by Gasteiger charge is 2.00. The Labute approximate surface area is 123 Å². The Bertz CT molecular complexity index is 590. The van der Waals surface area contributed by atoms with Gasteiger partial charge in [-0.2, -0.15) is 0 Å². The second-order valence-electron chi connectivity index (χ2n) is 4.34. The highest BCUT2D eigenvalue weighted by molar-refractivity contribution is 7.98. The van der Waals surface area contributed by atoms with Gasteiger partial charge in [-0.15, -0.1) is 11.8 Å². The van der Waals surface area contributed by atoms with Gasteiger partial charge >= 0.3 is 0 Å². The van der Waals surface area contributed by atoms with Crippen LogP contribution in [0.1, 0.15) is 11.1 Å². The minimum atomic E-state index is -0.197. The van der Waals surface area contributed by atoms with Gasteiger partial charge in [0.05, 0.1) is 7.11 Å². The zero-order valence-electron chi connectivity index (χ0n) is 11.6. The van der Waals surface area contributed by atoms with E-state index in [9.17, 15) is 4.39 Å². The topological polar surface area (TPSA) is 9.23 Å². The molecule has 0 aliphatic rings. The molecule has 0 fully saturated rings. The molecule has 0 saturated heterocycles. The molecular weight excluding hydrogens is 271 g/mol. The predicted molar refractivity (Wildman–Crippen MR) is 83.9 cm³/mol. The minimum absolute atomic E-state index is 0.197. The van der Waals surface area contributed by atoms with Gasteiger partial charge in [0, 0.05) is 4.90 Å². The normalized spacial score (nSPS) is 10.9. The van der Waals surface area contributed by atoms with E-state index in [4.69, 9.17) is 4.74 Å². The maximum absolute atomic E-state index is 12.8. The molecule has 0 N–H and O–H groups in total. The molecule has 2 rings (SSSR count). The highest BCUT2D eigenvalue weighted by atomic mass is 32.2. The van der Waals surface area contributed by atoms with E-state index < -0.39 is 0 Å². The summed E-state index contributed by atoms with van der Waals surface area (Å²) in [5.41, 5.74) is 2.27. The Morgan fingerprint density at radius 2 is 1.90 bits per heavy atom. The standard InChI is InChI=1S/C17H17FOS/c1-19-16-11-8-14(17(12-16)20-2)5-3-4-13-6-9-15(18)10-7-13/h3,5-12H,4H2,1-2H3/b5-3-. The summed E-state index contributed by atoms with van der Waals surface area (Å²) in [7, 11) is 1.67. The van der Waals surface area contributed by atoms with Crippen molar-refractivity contribution in [3.63, 3.8) is 0 Å². The van der Waals surface area contributed by atoms with Gasteiger partial charge in [0.15, 0.2) is 0 Å². The van der Waals surface area contributed by atoms with E-state index in [0.29, 0.717) is 0 Å². The van der Waals surface area contributed by atoms with Gasteiger partial charge in [0.2, 0.25) is 0 Å². The third-order valence-corrected chi connectivity index (χ3v) is 3.80. The van der Waals surface area contributed by atoms with Gasteiger partial charge in [-0.05, 0) is 48.1 Å². The molecule has 104 valence electrons. The number of methoxy groups -OCH3 is 1. The molecule has 0 aromatic heterocycles. The number of hydrogen-bond acceptors (Lipinski definition) is 2. The van der Waals surface area contributed by atoms with Crippen molar-refractivity contribution in [2.75, 3.05) is 13.4 Å². The van der Waals surface area contributed by atoms with Crippen LogP contribution in [-0.2, 0) is 6.42 Å². The second kappa shape index (κ2) is 7.15. The lowest BCUT2D eigenvalue weighted by Crippen LogP contribution is -1.86. The average molecular weight is 288 g/mol. The Hall–Kier alpha value is -1.74. The van der Waals surface area contributed by atoms with Crippen LogP contribution in [0.5, 0.6) is 5.75 Å². The first kappa shape index (κ1) is 14.7. The second-order valence-corrected chi connectivity index (χ2v) is 5.19. The first-order chi connectivity index (χ1) is 9.72. The van der Waals surface area contributed by atoms with Crippen molar-refractivity contribution in [1.29, 1.82) is 0 Å². The van der Waals surface area contributed by atoms with Crippen molar-refractivity contribution in [1.82, 2.24) is 0 Å². The SMILES string of the molecule is COc1ccc(/C=C\Cc2ccc(F)cc2)c(SC)c1. The van der Waals surface area contributed by atoms with Gasteiger partial charge in [0.1, 0.15) is 11.6 Å². The molecule has 0 aliphatic heterocycles. The quantitative estimate of drug-likeness (QED) is 0.730. The number of benzene rings is 2. The van der Waals surface area contributed by atoms with Crippen LogP contribution in [0, 0.1) is 5.82 Å². The molecule has 0 aliphatic carbocycles. The summed E-state index contributed by atoms with van der Waals surface area (Å²) in [6.07, 6.45) is 7.02. The summed E-state index contributed by atoms with van der Waals surface area (Å²) in [5.74, 6) is 0.669. The van der Waals surface area contributed by atoms with Crippen LogP contribution in [0.15, 0.2) is 53.4 Å². The molecule has 3 heteroatoms. The Kier molecular flexibility index (Phi) is 5.24. The van der Waals surface area contributed by atoms with Gasteiger partial charge in [-0.25, -0.2) is 4.39 Å². The first-order valence-electron chi connectivity index (χ1n) is 6.36. The summed E-state index contributed by atoms with van der Waals surface area (Å²) in [6.45, 7) is 0. The Morgan fingerprint density at radius 3 is 2.55 bits per heavy atom. The average Bonchev–Trinajstić information content (AvgIpc) is 2.49. The lowest BCUT2D eigenvalue weighted by atomic mass is 10.1. The molecule has 20 heavy (non-hydrogen) atoms. The third kappa shape index (κ3) is 3.87. The summed E-state index contributed by atoms with van der Waals surface area (Å²) in [4.78, 5) is 1.18. The molecule has 0 heterocycles. The number of halogens is 1. The largest absolute Gasteiger partial charge is 0.497 e. The summed E-state index contributed by atoms with van der Waals surface area (Å²) in [5, 5.41) is 0. The minimum Gasteiger partial charge on any atom is -0.497 e. The predicted octanol–water partition coefficient (Wildman–Crippen LogP) is 4.81. The van der Waals surface area contributed by atoms with E-state index in [1.807, 2.05) is 36.6 Å². The lowest BCUT2D eigenvalue weighted by Gasteiger charge is -2.06. The van der Waals surface area contributed by atoms with Gasteiger partial charge < -0.3 is 4.74 Å². The van der Waals surface area contributed by atoms with Crippen molar-refractivity contribution in [3.05, 3.63) is 65.5 Å². The van der Waals surface area contributed by atoms with Gasteiger partial charge in [-0.3, -0.25) is 0 Å². The molecule has 0 atom stereocenters. The smallest absolute Gasteiger partial charge is 0.123 e. The number of rotatable bonds is 5. The molecule has 0 radical (unpaired) electrons. The lowest BCUT2D eigenvalue weighted by molar-refractivity contribution is 0.413. The number of hydrogen-bond donors (Lipinski definition) is 0. The monoisotopic (exact) mass is 288 g/mol. The summed E-state index contributed by atoms with van der Waals surface area (Å²) >= 11 is 1.69. The zero-order chi connectivity index (χ0) is 14.4. The van der Waals surface area contributed by atoms with Crippen molar-refractivity contribution in [2.45, 2.75) is 11.3 Å². The maximum atomic E-state index is 12.8. The molecule has 0 saturated carbocycles. The highest BCUT2D eigenvalue weighted by Crippen LogP contribution is 2.26. The summed E-state index contributed by atoms with van der Waals surface area (Å²) < 4.78 is 18.0. The fraction of sp³-hybridized carbons (Fsp3) is 0.176. The van der Waals surface area contributed by atoms with E-state index >= 15 is 0 Å². The van der Waals surface area contributed by atoms with Crippen LogP contribution in [0.3, 0.4) is 0 Å². The Morgan fingerprint density at radius 1 is 1.15 bits per heavy atom. The van der Waals surface area contributed by atoms with Gasteiger partial charge in [0.25, 0.3) is 0 Å². The first-order valence-corrected chi connectivity index (χ1v) is 7.58. The molecule has 0 unspecified atom stereocenters. The van der Waals surface area contributed by atoms with Crippen molar-refractivity contribution >= 4 is 17.8 Å². The third-order valence-electron chi connectivity index (χ3n) is 3.00. The van der Waals surface area contributed by atoms with Crippen LogP contribution in [0.2, 0.25) is 0 Å². The van der Waals surface area contributed by atoms with Gasteiger partial charge in [-0.1, -0.05) is 30.4 Å².